The van der Waals surface area contributed by atoms with E-state index >= 15 is 0 Å². The number of hydrogen-bond donors (Lipinski definition) is 1. The minimum Gasteiger partial charge on any atom is -0.497 e. The van der Waals surface area contributed by atoms with Crippen molar-refractivity contribution in [1.82, 2.24) is 4.90 Å². The molecule has 2 aromatic rings. The average Bonchev–Trinajstić information content (AvgIpc) is 3.38. The number of benzene rings is 1. The smallest absolute Gasteiger partial charge is 0.263 e. The lowest BCUT2D eigenvalue weighted by molar-refractivity contribution is -0.120. The Labute approximate surface area is 169 Å². The van der Waals surface area contributed by atoms with Crippen LogP contribution in [0.3, 0.4) is 0 Å². The molecule has 0 bridgehead atoms. The molecule has 0 radical (unpaired) electrons. The lowest BCUT2D eigenvalue weighted by Crippen LogP contribution is -2.28. The summed E-state index contributed by atoms with van der Waals surface area (Å²) in [5, 5.41) is 3.07. The van der Waals surface area contributed by atoms with Gasteiger partial charge in [-0.25, -0.2) is 0 Å². The molecule has 6 heteroatoms. The molecule has 2 heterocycles. The number of methoxy groups -OCH3 is 1. The highest BCUT2D eigenvalue weighted by molar-refractivity contribution is 7.14. The van der Waals surface area contributed by atoms with Crippen molar-refractivity contribution in [3.05, 3.63) is 45.1 Å². The van der Waals surface area contributed by atoms with E-state index in [1.54, 1.807) is 18.4 Å². The van der Waals surface area contributed by atoms with Gasteiger partial charge in [-0.2, -0.15) is 0 Å². The van der Waals surface area contributed by atoms with E-state index in [4.69, 9.17) is 4.74 Å². The molecule has 1 atom stereocenters. The Morgan fingerprint density at radius 2 is 2.00 bits per heavy atom. The first-order valence-corrected chi connectivity index (χ1v) is 10.7. The number of likely N-dealkylation sites (tertiary alicyclic amines) is 1. The number of nitrogens with one attached hydrogen (secondary N) is 1. The maximum Gasteiger partial charge on any atom is 0.263 e. The molecule has 1 aromatic carbocycles. The van der Waals surface area contributed by atoms with Gasteiger partial charge in [-0.15, -0.1) is 11.3 Å². The molecule has 2 amide bonds. The number of nitrogens with zero attached hydrogens (tertiary/aromatic N) is 1. The molecule has 1 N–H and O–H groups in total. The maximum absolute atomic E-state index is 12.8. The van der Waals surface area contributed by atoms with E-state index < -0.39 is 0 Å². The van der Waals surface area contributed by atoms with Gasteiger partial charge >= 0.3 is 0 Å². The SMILES string of the molecule is COc1ccc(NC(=O)[C@@H]2CCc3sc(C(=O)N4CCCC4)cc3C2)c(C)c1. The van der Waals surface area contributed by atoms with Crippen molar-refractivity contribution in [2.24, 2.45) is 5.92 Å². The molecular formula is C22H26N2O3S. The Kier molecular flexibility index (Phi) is 5.40. The van der Waals surface area contributed by atoms with Gasteiger partial charge in [0, 0.05) is 29.6 Å². The molecule has 1 aromatic heterocycles. The predicted octanol–water partition coefficient (Wildman–Crippen LogP) is 4.04. The zero-order chi connectivity index (χ0) is 19.7. The zero-order valence-corrected chi connectivity index (χ0v) is 17.2. The van der Waals surface area contributed by atoms with Crippen LogP contribution >= 0.6 is 11.3 Å². The summed E-state index contributed by atoms with van der Waals surface area (Å²) >= 11 is 1.62. The van der Waals surface area contributed by atoms with Crippen LogP contribution in [-0.4, -0.2) is 36.9 Å². The van der Waals surface area contributed by atoms with Gasteiger partial charge in [-0.3, -0.25) is 9.59 Å². The fraction of sp³-hybridized carbons (Fsp3) is 0.455. The van der Waals surface area contributed by atoms with Crippen molar-refractivity contribution < 1.29 is 14.3 Å². The molecule has 148 valence electrons. The largest absolute Gasteiger partial charge is 0.497 e. The van der Waals surface area contributed by atoms with Crippen LogP contribution in [0.4, 0.5) is 5.69 Å². The van der Waals surface area contributed by atoms with Crippen LogP contribution in [0, 0.1) is 12.8 Å². The van der Waals surface area contributed by atoms with Gasteiger partial charge in [-0.1, -0.05) is 0 Å². The average molecular weight is 399 g/mol. The summed E-state index contributed by atoms with van der Waals surface area (Å²) in [5.41, 5.74) is 2.98. The Morgan fingerprint density at radius 1 is 1.21 bits per heavy atom. The van der Waals surface area contributed by atoms with Crippen LogP contribution in [0.25, 0.3) is 0 Å². The minimum absolute atomic E-state index is 0.0533. The normalized spacial score (nSPS) is 18.6. The number of anilines is 1. The van der Waals surface area contributed by atoms with Crippen LogP contribution in [0.5, 0.6) is 5.75 Å². The van der Waals surface area contributed by atoms with Gasteiger partial charge < -0.3 is 15.0 Å². The van der Waals surface area contributed by atoms with E-state index in [-0.39, 0.29) is 17.7 Å². The van der Waals surface area contributed by atoms with Crippen LogP contribution in [0.2, 0.25) is 0 Å². The third-order valence-corrected chi connectivity index (χ3v) is 6.97. The maximum atomic E-state index is 12.8. The van der Waals surface area contributed by atoms with E-state index in [1.165, 1.54) is 10.4 Å². The topological polar surface area (TPSA) is 58.6 Å². The molecule has 1 saturated heterocycles. The van der Waals surface area contributed by atoms with Gasteiger partial charge in [0.25, 0.3) is 5.91 Å². The monoisotopic (exact) mass is 398 g/mol. The number of thiophene rings is 1. The van der Waals surface area contributed by atoms with E-state index in [2.05, 4.69) is 5.32 Å². The summed E-state index contributed by atoms with van der Waals surface area (Å²) in [6.45, 7) is 3.70. The van der Waals surface area contributed by atoms with Crippen molar-refractivity contribution >= 4 is 28.8 Å². The quantitative estimate of drug-likeness (QED) is 0.845. The summed E-state index contributed by atoms with van der Waals surface area (Å²) in [4.78, 5) is 29.5. The van der Waals surface area contributed by atoms with Crippen molar-refractivity contribution in [1.29, 1.82) is 0 Å². The van der Waals surface area contributed by atoms with E-state index in [9.17, 15) is 9.59 Å². The van der Waals surface area contributed by atoms with E-state index in [1.807, 2.05) is 36.1 Å². The molecule has 1 aliphatic carbocycles. The molecule has 5 nitrogen and oxygen atoms in total. The first kappa shape index (κ1) is 19.0. The molecule has 0 spiro atoms. The predicted molar refractivity (Wildman–Crippen MR) is 111 cm³/mol. The molecule has 0 unspecified atom stereocenters. The van der Waals surface area contributed by atoms with Gasteiger partial charge in [0.15, 0.2) is 0 Å². The number of rotatable bonds is 4. The molecule has 0 saturated carbocycles. The molecule has 1 fully saturated rings. The van der Waals surface area contributed by atoms with Gasteiger partial charge in [0.1, 0.15) is 5.75 Å². The Hall–Kier alpha value is -2.34. The number of ether oxygens (including phenoxy) is 1. The summed E-state index contributed by atoms with van der Waals surface area (Å²) in [6, 6.07) is 7.69. The first-order chi connectivity index (χ1) is 13.5. The van der Waals surface area contributed by atoms with Crippen LogP contribution < -0.4 is 10.1 Å². The molecule has 4 rings (SSSR count). The minimum atomic E-state index is -0.0571. The summed E-state index contributed by atoms with van der Waals surface area (Å²) in [7, 11) is 1.64. The lowest BCUT2D eigenvalue weighted by Gasteiger charge is -2.22. The Morgan fingerprint density at radius 3 is 2.71 bits per heavy atom. The number of fused-ring (bicyclic) bond motifs is 1. The highest BCUT2D eigenvalue weighted by atomic mass is 32.1. The third-order valence-electron chi connectivity index (χ3n) is 5.75. The summed E-state index contributed by atoms with van der Waals surface area (Å²) in [6.07, 6.45) is 4.60. The van der Waals surface area contributed by atoms with Crippen molar-refractivity contribution in [3.63, 3.8) is 0 Å². The lowest BCUT2D eigenvalue weighted by atomic mass is 9.87. The van der Waals surface area contributed by atoms with Gasteiger partial charge in [-0.05, 0) is 74.4 Å². The molecule has 28 heavy (non-hydrogen) atoms. The fourth-order valence-electron chi connectivity index (χ4n) is 4.07. The number of aryl methyl sites for hydroxylation is 2. The van der Waals surface area contributed by atoms with E-state index in [0.29, 0.717) is 6.42 Å². The van der Waals surface area contributed by atoms with Crippen LogP contribution in [-0.2, 0) is 17.6 Å². The highest BCUT2D eigenvalue weighted by Crippen LogP contribution is 2.34. The molecule has 2 aliphatic rings. The Bertz CT molecular complexity index is 899. The Balaban J connectivity index is 1.43. The van der Waals surface area contributed by atoms with Gasteiger partial charge in [0.2, 0.25) is 5.91 Å². The number of carbonyl (C=O) groups is 2. The first-order valence-electron chi connectivity index (χ1n) is 9.91. The van der Waals surface area contributed by atoms with Crippen LogP contribution in [0.15, 0.2) is 24.3 Å². The second-order valence-corrected chi connectivity index (χ2v) is 8.80. The number of carbonyl (C=O) groups excluding carboxylic acids is 2. The summed E-state index contributed by atoms with van der Waals surface area (Å²) < 4.78 is 5.23. The molecular weight excluding hydrogens is 372 g/mol. The number of amides is 2. The fourth-order valence-corrected chi connectivity index (χ4v) is 5.24. The van der Waals surface area contributed by atoms with Crippen molar-refractivity contribution in [3.8, 4) is 5.75 Å². The van der Waals surface area contributed by atoms with Crippen molar-refractivity contribution in [2.45, 2.75) is 39.0 Å². The van der Waals surface area contributed by atoms with Crippen LogP contribution in [0.1, 0.15) is 44.9 Å². The van der Waals surface area contributed by atoms with Gasteiger partial charge in [0.05, 0.1) is 12.0 Å². The molecule has 1 aliphatic heterocycles. The highest BCUT2D eigenvalue weighted by Gasteiger charge is 2.29. The second kappa shape index (κ2) is 7.95. The van der Waals surface area contributed by atoms with Crippen molar-refractivity contribution in [2.75, 3.05) is 25.5 Å². The number of hydrogen-bond acceptors (Lipinski definition) is 4. The summed E-state index contributed by atoms with van der Waals surface area (Å²) in [5.74, 6) is 0.939. The second-order valence-electron chi connectivity index (χ2n) is 7.67. The third kappa shape index (κ3) is 3.78. The zero-order valence-electron chi connectivity index (χ0n) is 16.4. The van der Waals surface area contributed by atoms with E-state index in [0.717, 1.165) is 60.7 Å². The standard InChI is InChI=1S/C22H26N2O3S/c1-14-11-17(27-2)6-7-18(14)23-21(25)15-5-8-19-16(12-15)13-20(28-19)22(26)24-9-3-4-10-24/h6-7,11,13,15H,3-5,8-10,12H2,1-2H3,(H,23,25)/t15-/m1/s1.